The number of imide groups is 1. The van der Waals surface area contributed by atoms with Gasteiger partial charge in [0, 0.05) is 17.0 Å². The van der Waals surface area contributed by atoms with Gasteiger partial charge in [-0.2, -0.15) is 0 Å². The predicted octanol–water partition coefficient (Wildman–Crippen LogP) is 4.39. The van der Waals surface area contributed by atoms with Gasteiger partial charge in [-0.25, -0.2) is 4.90 Å². The van der Waals surface area contributed by atoms with Gasteiger partial charge < -0.3 is 0 Å². The molecule has 168 valence electrons. The molecule has 4 aliphatic rings. The average Bonchev–Trinajstić information content (AvgIpc) is 3.09. The first-order valence-corrected chi connectivity index (χ1v) is 11.2. The second-order valence-corrected chi connectivity index (χ2v) is 9.36. The van der Waals surface area contributed by atoms with Crippen LogP contribution in [0.1, 0.15) is 35.1 Å². The first-order chi connectivity index (χ1) is 16.3. The van der Waals surface area contributed by atoms with Crippen LogP contribution in [0.2, 0.25) is 5.02 Å². The second-order valence-electron chi connectivity index (χ2n) is 8.92. The number of nitrogens with zero attached hydrogens (tertiary/aromatic N) is 2. The minimum absolute atomic E-state index is 0.118. The van der Waals surface area contributed by atoms with Crippen molar-refractivity contribution >= 4 is 40.6 Å². The van der Waals surface area contributed by atoms with Crippen LogP contribution in [0.5, 0.6) is 0 Å². The number of hydrogen-bond acceptors (Lipinski definition) is 5. The number of benzene rings is 3. The number of hydrogen-bond donors (Lipinski definition) is 0. The van der Waals surface area contributed by atoms with E-state index < -0.39 is 45.6 Å². The summed E-state index contributed by atoms with van der Waals surface area (Å²) in [6.07, 6.45) is 0. The summed E-state index contributed by atoms with van der Waals surface area (Å²) in [5.74, 6) is -3.68. The van der Waals surface area contributed by atoms with E-state index in [2.05, 4.69) is 0 Å². The van der Waals surface area contributed by atoms with Gasteiger partial charge in [0.05, 0.1) is 22.2 Å². The number of Topliss-reactive ketones (excluding diaryl/α,β-unsaturated/α-hetero) is 1. The molecule has 1 heterocycles. The highest BCUT2D eigenvalue weighted by molar-refractivity contribution is 6.31. The summed E-state index contributed by atoms with van der Waals surface area (Å²) < 4.78 is 0. The van der Waals surface area contributed by atoms with Gasteiger partial charge in [0.2, 0.25) is 11.8 Å². The zero-order chi connectivity index (χ0) is 23.9. The Bertz CT molecular complexity index is 1420. The molecule has 34 heavy (non-hydrogen) atoms. The molecular weight excluding hydrogens is 456 g/mol. The van der Waals surface area contributed by atoms with Crippen LogP contribution in [-0.2, 0) is 19.8 Å². The van der Waals surface area contributed by atoms with Crippen LogP contribution in [0, 0.1) is 22.0 Å². The Morgan fingerprint density at radius 3 is 2.12 bits per heavy atom. The number of nitro benzene ring substituents is 1. The fraction of sp³-hybridized carbons (Fsp3) is 0.192. The lowest BCUT2D eigenvalue weighted by Gasteiger charge is -2.52. The molecule has 2 atom stereocenters. The molecule has 0 N–H and O–H groups in total. The number of carbonyl (C=O) groups is 3. The Labute approximate surface area is 199 Å². The molecule has 0 radical (unpaired) electrons. The topological polar surface area (TPSA) is 97.6 Å². The molecule has 8 heteroatoms. The monoisotopic (exact) mass is 472 g/mol. The molecule has 0 spiro atoms. The van der Waals surface area contributed by atoms with Gasteiger partial charge >= 0.3 is 0 Å². The Kier molecular flexibility index (Phi) is 4.17. The third-order valence-electron chi connectivity index (χ3n) is 7.55. The minimum atomic E-state index is -1.35. The molecule has 3 aromatic rings. The molecule has 1 aliphatic heterocycles. The van der Waals surface area contributed by atoms with Gasteiger partial charge in [-0.3, -0.25) is 24.5 Å². The van der Waals surface area contributed by atoms with Crippen molar-refractivity contribution in [2.45, 2.75) is 18.3 Å². The largest absolute Gasteiger partial charge is 0.299 e. The average molecular weight is 473 g/mol. The Hall–Kier alpha value is -3.84. The Balaban J connectivity index is 1.66. The van der Waals surface area contributed by atoms with E-state index in [4.69, 9.17) is 11.6 Å². The van der Waals surface area contributed by atoms with Crippen LogP contribution >= 0.6 is 11.6 Å². The van der Waals surface area contributed by atoms with E-state index in [-0.39, 0.29) is 16.5 Å². The SMILES string of the molecule is CC(=O)C12c3ccccc3C(c3ccccc31)[C@H]1C(=O)N(c3ccc(Cl)cc3[N+](=O)[O-])C(=O)[C@H]12. The summed E-state index contributed by atoms with van der Waals surface area (Å²) in [7, 11) is 0. The summed E-state index contributed by atoms with van der Waals surface area (Å²) in [6.45, 7) is 1.45. The van der Waals surface area contributed by atoms with E-state index >= 15 is 0 Å². The third kappa shape index (κ3) is 2.29. The summed E-state index contributed by atoms with van der Waals surface area (Å²) in [6, 6.07) is 18.7. The highest BCUT2D eigenvalue weighted by atomic mass is 35.5. The molecule has 1 saturated heterocycles. The number of amides is 2. The Morgan fingerprint density at radius 2 is 1.56 bits per heavy atom. The van der Waals surface area contributed by atoms with E-state index in [0.29, 0.717) is 0 Å². The van der Waals surface area contributed by atoms with Crippen molar-refractivity contribution in [3.8, 4) is 0 Å². The summed E-state index contributed by atoms with van der Waals surface area (Å²) in [4.78, 5) is 53.5. The molecule has 0 aromatic heterocycles. The minimum Gasteiger partial charge on any atom is -0.299 e. The first kappa shape index (κ1) is 20.7. The maximum absolute atomic E-state index is 14.0. The molecule has 2 amide bonds. The number of anilines is 1. The fourth-order valence-corrected chi connectivity index (χ4v) is 6.61. The van der Waals surface area contributed by atoms with Crippen molar-refractivity contribution < 1.29 is 19.3 Å². The first-order valence-electron chi connectivity index (χ1n) is 10.8. The smallest absolute Gasteiger partial charge is 0.294 e. The van der Waals surface area contributed by atoms with Crippen molar-refractivity contribution in [3.63, 3.8) is 0 Å². The normalized spacial score (nSPS) is 26.2. The molecule has 3 aliphatic carbocycles. The molecule has 0 unspecified atom stereocenters. The third-order valence-corrected chi connectivity index (χ3v) is 7.78. The number of nitro groups is 1. The predicted molar refractivity (Wildman–Crippen MR) is 124 cm³/mol. The number of carbonyl (C=O) groups excluding carboxylic acids is 3. The van der Waals surface area contributed by atoms with Crippen LogP contribution in [0.25, 0.3) is 0 Å². The number of ketones is 1. The van der Waals surface area contributed by atoms with Gasteiger partial charge in [-0.05, 0) is 41.3 Å². The highest BCUT2D eigenvalue weighted by Gasteiger charge is 2.70. The molecule has 7 rings (SSSR count). The van der Waals surface area contributed by atoms with Crippen molar-refractivity contribution in [1.82, 2.24) is 0 Å². The van der Waals surface area contributed by atoms with Crippen LogP contribution < -0.4 is 4.90 Å². The standard InChI is InChI=1S/C26H17ClN2O5/c1-13(30)26-17-8-4-2-6-15(17)21(16-7-3-5-9-18(16)26)22-23(26)25(32)28(24(22)31)19-11-10-14(27)12-20(19)29(33)34/h2-12,21-23H,1H3/t21?,22-,23+,26?/m1/s1. The van der Waals surface area contributed by atoms with Gasteiger partial charge in [-0.1, -0.05) is 60.1 Å². The maximum atomic E-state index is 14.0. The van der Waals surface area contributed by atoms with Crippen LogP contribution in [0.15, 0.2) is 66.7 Å². The van der Waals surface area contributed by atoms with Crippen LogP contribution in [0.4, 0.5) is 11.4 Å². The number of rotatable bonds is 3. The molecule has 7 nitrogen and oxygen atoms in total. The van der Waals surface area contributed by atoms with Crippen molar-refractivity contribution in [2.75, 3.05) is 4.90 Å². The molecule has 1 fully saturated rings. The number of halogens is 1. The Morgan fingerprint density at radius 1 is 0.971 bits per heavy atom. The lowest BCUT2D eigenvalue weighted by atomic mass is 9.46. The zero-order valence-electron chi connectivity index (χ0n) is 17.9. The van der Waals surface area contributed by atoms with E-state index in [0.717, 1.165) is 33.2 Å². The summed E-state index contributed by atoms with van der Waals surface area (Å²) in [5.41, 5.74) is 1.20. The van der Waals surface area contributed by atoms with E-state index in [1.165, 1.54) is 19.1 Å². The zero-order valence-corrected chi connectivity index (χ0v) is 18.7. The maximum Gasteiger partial charge on any atom is 0.294 e. The van der Waals surface area contributed by atoms with Crippen molar-refractivity contribution in [1.29, 1.82) is 0 Å². The van der Waals surface area contributed by atoms with Crippen molar-refractivity contribution in [2.24, 2.45) is 11.8 Å². The quantitative estimate of drug-likeness (QED) is 0.320. The molecular formula is C26H17ClN2O5. The molecule has 3 aromatic carbocycles. The molecule has 0 saturated carbocycles. The van der Waals surface area contributed by atoms with E-state index in [1.807, 2.05) is 48.5 Å². The van der Waals surface area contributed by atoms with Gasteiger partial charge in [-0.15, -0.1) is 0 Å². The van der Waals surface area contributed by atoms with Gasteiger partial charge in [0.25, 0.3) is 5.69 Å². The van der Waals surface area contributed by atoms with Gasteiger partial charge in [0.1, 0.15) is 11.5 Å². The fourth-order valence-electron chi connectivity index (χ4n) is 6.44. The highest BCUT2D eigenvalue weighted by Crippen LogP contribution is 2.64. The summed E-state index contributed by atoms with van der Waals surface area (Å²) >= 11 is 5.97. The van der Waals surface area contributed by atoms with Crippen LogP contribution in [0.3, 0.4) is 0 Å². The summed E-state index contributed by atoms with van der Waals surface area (Å²) in [5, 5.41) is 11.9. The van der Waals surface area contributed by atoms with Crippen LogP contribution in [-0.4, -0.2) is 22.5 Å². The lowest BCUT2D eigenvalue weighted by Crippen LogP contribution is -2.57. The van der Waals surface area contributed by atoms with Crippen molar-refractivity contribution in [3.05, 3.63) is 104 Å². The lowest BCUT2D eigenvalue weighted by molar-refractivity contribution is -0.384. The van der Waals surface area contributed by atoms with E-state index in [1.54, 1.807) is 0 Å². The van der Waals surface area contributed by atoms with Gasteiger partial charge in [0.15, 0.2) is 0 Å². The second kappa shape index (κ2) is 6.84. The molecule has 2 bridgehead atoms. The van der Waals surface area contributed by atoms with E-state index in [9.17, 15) is 24.5 Å².